The van der Waals surface area contributed by atoms with Crippen LogP contribution in [0.5, 0.6) is 0 Å². The van der Waals surface area contributed by atoms with E-state index in [1.165, 1.54) is 0 Å². The molecule has 0 aliphatic carbocycles. The Morgan fingerprint density at radius 1 is 1.55 bits per heavy atom. The molecule has 0 saturated heterocycles. The third-order valence-electron chi connectivity index (χ3n) is 0.952. The predicted octanol–water partition coefficient (Wildman–Crippen LogP) is 1.24. The standard InChI is InChI=1S/C6H8F3NO/c1-4(6(7,8)9)3-10-5(2)11/h1,3H2,2H3,(H,10,11). The molecule has 0 saturated carbocycles. The van der Waals surface area contributed by atoms with Crippen LogP contribution in [0.15, 0.2) is 12.2 Å². The first-order valence-electron chi connectivity index (χ1n) is 2.83. The molecule has 0 rings (SSSR count). The van der Waals surface area contributed by atoms with E-state index in [9.17, 15) is 18.0 Å². The van der Waals surface area contributed by atoms with E-state index in [4.69, 9.17) is 0 Å². The molecule has 5 heteroatoms. The van der Waals surface area contributed by atoms with Gasteiger partial charge in [-0.2, -0.15) is 13.2 Å². The van der Waals surface area contributed by atoms with Crippen LogP contribution in [0.2, 0.25) is 0 Å². The number of hydrogen-bond donors (Lipinski definition) is 1. The summed E-state index contributed by atoms with van der Waals surface area (Å²) in [5, 5.41) is 1.99. The minimum Gasteiger partial charge on any atom is -0.352 e. The average Bonchev–Trinajstić information content (AvgIpc) is 1.80. The van der Waals surface area contributed by atoms with Crippen molar-refractivity contribution in [2.24, 2.45) is 0 Å². The summed E-state index contributed by atoms with van der Waals surface area (Å²) in [6, 6.07) is 0. The fourth-order valence-corrected chi connectivity index (χ4v) is 0.331. The highest BCUT2D eigenvalue weighted by Gasteiger charge is 2.31. The Kier molecular flexibility index (Phi) is 3.10. The summed E-state index contributed by atoms with van der Waals surface area (Å²) < 4.78 is 34.9. The Bertz CT molecular complexity index is 173. The summed E-state index contributed by atoms with van der Waals surface area (Å²) in [5.74, 6) is -0.504. The van der Waals surface area contributed by atoms with E-state index in [1.54, 1.807) is 0 Å². The highest BCUT2D eigenvalue weighted by Crippen LogP contribution is 2.22. The van der Waals surface area contributed by atoms with Crippen molar-refractivity contribution in [2.75, 3.05) is 6.54 Å². The molecule has 11 heavy (non-hydrogen) atoms. The highest BCUT2D eigenvalue weighted by molar-refractivity contribution is 5.73. The molecular weight excluding hydrogens is 159 g/mol. The van der Waals surface area contributed by atoms with Crippen molar-refractivity contribution in [3.05, 3.63) is 12.2 Å². The maximum Gasteiger partial charge on any atom is 0.413 e. The second-order valence-electron chi connectivity index (χ2n) is 2.01. The van der Waals surface area contributed by atoms with Crippen molar-refractivity contribution in [1.29, 1.82) is 0 Å². The monoisotopic (exact) mass is 167 g/mol. The predicted molar refractivity (Wildman–Crippen MR) is 33.9 cm³/mol. The average molecular weight is 167 g/mol. The zero-order chi connectivity index (χ0) is 9.07. The second kappa shape index (κ2) is 3.41. The first-order valence-corrected chi connectivity index (χ1v) is 2.83. The van der Waals surface area contributed by atoms with Gasteiger partial charge >= 0.3 is 6.18 Å². The maximum absolute atomic E-state index is 11.6. The summed E-state index contributed by atoms with van der Waals surface area (Å²) in [7, 11) is 0. The Morgan fingerprint density at radius 2 is 2.00 bits per heavy atom. The number of carbonyl (C=O) groups is 1. The van der Waals surface area contributed by atoms with Crippen LogP contribution in [0.4, 0.5) is 13.2 Å². The van der Waals surface area contributed by atoms with Crippen LogP contribution >= 0.6 is 0 Å². The lowest BCUT2D eigenvalue weighted by atomic mass is 10.3. The molecule has 0 aliphatic heterocycles. The van der Waals surface area contributed by atoms with Gasteiger partial charge in [0.25, 0.3) is 0 Å². The van der Waals surface area contributed by atoms with E-state index < -0.39 is 24.2 Å². The third kappa shape index (κ3) is 4.41. The van der Waals surface area contributed by atoms with Gasteiger partial charge in [0.2, 0.25) is 5.91 Å². The van der Waals surface area contributed by atoms with Crippen LogP contribution in [0, 0.1) is 0 Å². The lowest BCUT2D eigenvalue weighted by Gasteiger charge is -2.09. The van der Waals surface area contributed by atoms with E-state index in [1.807, 2.05) is 5.32 Å². The van der Waals surface area contributed by atoms with Gasteiger partial charge < -0.3 is 5.32 Å². The molecule has 1 N–H and O–H groups in total. The van der Waals surface area contributed by atoms with E-state index in [0.29, 0.717) is 0 Å². The van der Waals surface area contributed by atoms with Crippen molar-refractivity contribution < 1.29 is 18.0 Å². The first kappa shape index (κ1) is 10.0. The summed E-state index contributed by atoms with van der Waals surface area (Å²) in [6.45, 7) is 3.36. The van der Waals surface area contributed by atoms with Crippen LogP contribution in [0.1, 0.15) is 6.92 Å². The molecule has 0 aromatic rings. The molecule has 0 radical (unpaired) electrons. The van der Waals surface area contributed by atoms with Crippen molar-refractivity contribution >= 4 is 5.91 Å². The second-order valence-corrected chi connectivity index (χ2v) is 2.01. The maximum atomic E-state index is 11.6. The van der Waals surface area contributed by atoms with Crippen molar-refractivity contribution in [3.8, 4) is 0 Å². The molecular formula is C6H8F3NO. The molecule has 0 aromatic carbocycles. The zero-order valence-corrected chi connectivity index (χ0v) is 5.96. The van der Waals surface area contributed by atoms with Gasteiger partial charge in [-0.05, 0) is 0 Å². The smallest absolute Gasteiger partial charge is 0.352 e. The van der Waals surface area contributed by atoms with Gasteiger partial charge in [-0.3, -0.25) is 4.79 Å². The lowest BCUT2D eigenvalue weighted by molar-refractivity contribution is -0.119. The number of hydrogen-bond acceptors (Lipinski definition) is 1. The normalized spacial score (nSPS) is 10.9. The van der Waals surface area contributed by atoms with Crippen LogP contribution in [-0.4, -0.2) is 18.6 Å². The molecule has 2 nitrogen and oxygen atoms in total. The molecule has 0 unspecified atom stereocenters. The Hall–Kier alpha value is -1.00. The minimum absolute atomic E-state index is 0.504. The molecule has 0 fully saturated rings. The van der Waals surface area contributed by atoms with E-state index >= 15 is 0 Å². The van der Waals surface area contributed by atoms with Gasteiger partial charge in [-0.1, -0.05) is 6.58 Å². The molecule has 64 valence electrons. The highest BCUT2D eigenvalue weighted by atomic mass is 19.4. The molecule has 0 spiro atoms. The van der Waals surface area contributed by atoms with Crippen molar-refractivity contribution in [1.82, 2.24) is 5.32 Å². The number of halogens is 3. The van der Waals surface area contributed by atoms with Gasteiger partial charge in [-0.15, -0.1) is 0 Å². The Labute approximate surface area is 62.1 Å². The fraction of sp³-hybridized carbons (Fsp3) is 0.500. The zero-order valence-electron chi connectivity index (χ0n) is 5.96. The van der Waals surface area contributed by atoms with Gasteiger partial charge in [0.1, 0.15) is 0 Å². The fourth-order valence-electron chi connectivity index (χ4n) is 0.331. The summed E-state index contributed by atoms with van der Waals surface area (Å²) in [6.07, 6.45) is -4.41. The molecule has 0 heterocycles. The number of carbonyl (C=O) groups excluding carboxylic acids is 1. The third-order valence-corrected chi connectivity index (χ3v) is 0.952. The molecule has 0 bridgehead atoms. The van der Waals surface area contributed by atoms with Crippen LogP contribution in [-0.2, 0) is 4.79 Å². The molecule has 0 atom stereocenters. The largest absolute Gasteiger partial charge is 0.413 e. The van der Waals surface area contributed by atoms with Gasteiger partial charge in [0.15, 0.2) is 0 Å². The van der Waals surface area contributed by atoms with E-state index in [0.717, 1.165) is 6.92 Å². The van der Waals surface area contributed by atoms with Crippen LogP contribution in [0.25, 0.3) is 0 Å². The number of rotatable bonds is 2. The summed E-state index contributed by atoms with van der Waals surface area (Å²) in [5.41, 5.74) is -0.951. The topological polar surface area (TPSA) is 29.1 Å². The van der Waals surface area contributed by atoms with Crippen molar-refractivity contribution in [2.45, 2.75) is 13.1 Å². The van der Waals surface area contributed by atoms with Gasteiger partial charge in [-0.25, -0.2) is 0 Å². The molecule has 0 aromatic heterocycles. The SMILES string of the molecule is C=C(CNC(C)=O)C(F)(F)F. The summed E-state index contributed by atoms with van der Waals surface area (Å²) >= 11 is 0. The van der Waals surface area contributed by atoms with Gasteiger partial charge in [0, 0.05) is 19.0 Å². The minimum atomic E-state index is -4.41. The molecule has 1 amide bonds. The molecule has 0 aliphatic rings. The van der Waals surface area contributed by atoms with Gasteiger partial charge in [0.05, 0.1) is 0 Å². The Balaban J connectivity index is 3.80. The van der Waals surface area contributed by atoms with Crippen LogP contribution in [0.3, 0.4) is 0 Å². The first-order chi connectivity index (χ1) is 4.84. The van der Waals surface area contributed by atoms with Crippen molar-refractivity contribution in [3.63, 3.8) is 0 Å². The van der Waals surface area contributed by atoms with E-state index in [2.05, 4.69) is 6.58 Å². The Morgan fingerprint density at radius 3 is 2.27 bits per heavy atom. The van der Waals surface area contributed by atoms with Crippen LogP contribution < -0.4 is 5.32 Å². The number of amides is 1. The lowest BCUT2D eigenvalue weighted by Crippen LogP contribution is -2.27. The number of alkyl halides is 3. The van der Waals surface area contributed by atoms with E-state index in [-0.39, 0.29) is 0 Å². The number of nitrogens with one attached hydrogen (secondary N) is 1. The quantitative estimate of drug-likeness (QED) is 0.616. The summed E-state index contributed by atoms with van der Waals surface area (Å²) in [4.78, 5) is 10.2.